The number of anilines is 1. The largest absolute Gasteiger partial charge is 0.504 e. The van der Waals surface area contributed by atoms with E-state index in [1.165, 1.54) is 6.07 Å². The van der Waals surface area contributed by atoms with Crippen LogP contribution in [0.3, 0.4) is 0 Å². The number of carbonyl (C=O) groups excluding carboxylic acids is 1. The molecule has 0 aliphatic carbocycles. The number of fused-ring (bicyclic) bond motifs is 1. The standard InChI is InChI=1S/C30H29N5O5/c1-3-34(4-2)23-12-11-21-15-25(30(38)40-28(21)16-23)29(37)31-17-22-19-35(33-32-22)18-20-10-13-27(26(36)14-20)39-24-8-6-5-7-9-24/h5-16,19,36H,3-4,17-18H2,1-2H3,(H,31,37). The van der Waals surface area contributed by atoms with Gasteiger partial charge in [-0.1, -0.05) is 29.5 Å². The van der Waals surface area contributed by atoms with Crippen LogP contribution in [0, 0.1) is 0 Å². The lowest BCUT2D eigenvalue weighted by atomic mass is 10.1. The van der Waals surface area contributed by atoms with Crippen LogP contribution in [0.15, 0.2) is 88.2 Å². The summed E-state index contributed by atoms with van der Waals surface area (Å²) >= 11 is 0. The van der Waals surface area contributed by atoms with Crippen molar-refractivity contribution in [3.63, 3.8) is 0 Å². The van der Waals surface area contributed by atoms with E-state index in [9.17, 15) is 14.7 Å². The average Bonchev–Trinajstić information content (AvgIpc) is 3.41. The lowest BCUT2D eigenvalue weighted by molar-refractivity contribution is 0.0947. The van der Waals surface area contributed by atoms with Crippen molar-refractivity contribution in [2.45, 2.75) is 26.9 Å². The van der Waals surface area contributed by atoms with E-state index in [2.05, 4.69) is 34.4 Å². The first-order valence-corrected chi connectivity index (χ1v) is 13.0. The maximum absolute atomic E-state index is 12.8. The molecule has 10 heteroatoms. The number of phenolic OH excluding ortho intramolecular Hbond substituents is 1. The first kappa shape index (κ1) is 26.5. The monoisotopic (exact) mass is 539 g/mol. The minimum absolute atomic E-state index is 0.00690. The molecule has 0 unspecified atom stereocenters. The summed E-state index contributed by atoms with van der Waals surface area (Å²) in [6.07, 6.45) is 1.68. The number of aromatic nitrogens is 3. The summed E-state index contributed by atoms with van der Waals surface area (Å²) in [5.74, 6) is 0.420. The number of hydrogen-bond donors (Lipinski definition) is 2. The molecule has 0 spiro atoms. The van der Waals surface area contributed by atoms with Crippen molar-refractivity contribution in [1.29, 1.82) is 0 Å². The quantitative estimate of drug-likeness (QED) is 0.245. The van der Waals surface area contributed by atoms with Crippen molar-refractivity contribution >= 4 is 22.6 Å². The normalized spacial score (nSPS) is 10.9. The van der Waals surface area contributed by atoms with Gasteiger partial charge in [0.1, 0.15) is 22.6 Å². The summed E-state index contributed by atoms with van der Waals surface area (Å²) < 4.78 is 12.8. The Labute approximate surface area is 230 Å². The zero-order chi connectivity index (χ0) is 28.1. The molecule has 0 bridgehead atoms. The van der Waals surface area contributed by atoms with Gasteiger partial charge in [-0.15, -0.1) is 5.10 Å². The SMILES string of the molecule is CCN(CC)c1ccc2cc(C(=O)NCc3cn(Cc4ccc(Oc5ccccc5)c(O)c4)nn3)c(=O)oc2c1. The summed E-state index contributed by atoms with van der Waals surface area (Å²) in [7, 11) is 0. The Bertz CT molecular complexity index is 1690. The van der Waals surface area contributed by atoms with Crippen molar-refractivity contribution in [3.8, 4) is 17.2 Å². The van der Waals surface area contributed by atoms with Crippen LogP contribution >= 0.6 is 0 Å². The van der Waals surface area contributed by atoms with Crippen LogP contribution in [0.2, 0.25) is 0 Å². The van der Waals surface area contributed by atoms with Gasteiger partial charge in [-0.25, -0.2) is 9.48 Å². The molecular formula is C30H29N5O5. The number of aromatic hydroxyl groups is 1. The molecule has 5 aromatic rings. The molecule has 0 fully saturated rings. The van der Waals surface area contributed by atoms with Crippen LogP contribution < -0.4 is 20.6 Å². The first-order chi connectivity index (χ1) is 19.4. The van der Waals surface area contributed by atoms with E-state index < -0.39 is 11.5 Å². The second-order valence-electron chi connectivity index (χ2n) is 9.15. The van der Waals surface area contributed by atoms with Gasteiger partial charge in [-0.3, -0.25) is 4.79 Å². The zero-order valence-electron chi connectivity index (χ0n) is 22.2. The Morgan fingerprint density at radius 2 is 1.85 bits per heavy atom. The highest BCUT2D eigenvalue weighted by atomic mass is 16.5. The zero-order valence-corrected chi connectivity index (χ0v) is 22.2. The average molecular weight is 540 g/mol. The molecule has 5 rings (SSSR count). The van der Waals surface area contributed by atoms with E-state index in [1.54, 1.807) is 35.1 Å². The third kappa shape index (κ3) is 5.96. The van der Waals surface area contributed by atoms with E-state index in [0.29, 0.717) is 34.7 Å². The summed E-state index contributed by atoms with van der Waals surface area (Å²) in [6.45, 7) is 6.20. The summed E-state index contributed by atoms with van der Waals surface area (Å²) in [6, 6.07) is 21.4. The maximum atomic E-state index is 12.8. The summed E-state index contributed by atoms with van der Waals surface area (Å²) in [5.41, 5.74) is 1.90. The molecule has 2 heterocycles. The molecule has 1 amide bonds. The van der Waals surface area contributed by atoms with Gasteiger partial charge in [0.05, 0.1) is 19.3 Å². The molecule has 0 saturated heterocycles. The van der Waals surface area contributed by atoms with Crippen molar-refractivity contribution in [3.05, 3.63) is 106 Å². The van der Waals surface area contributed by atoms with Crippen LogP contribution in [0.1, 0.15) is 35.5 Å². The number of nitrogens with zero attached hydrogens (tertiary/aromatic N) is 4. The fraction of sp³-hybridized carbons (Fsp3) is 0.200. The Kier molecular flexibility index (Phi) is 7.77. The number of amides is 1. The molecule has 0 aliphatic rings. The van der Waals surface area contributed by atoms with Gasteiger partial charge in [-0.2, -0.15) is 0 Å². The van der Waals surface area contributed by atoms with Gasteiger partial charge in [-0.05, 0) is 61.9 Å². The van der Waals surface area contributed by atoms with Gasteiger partial charge in [0, 0.05) is 30.2 Å². The van der Waals surface area contributed by atoms with Gasteiger partial charge < -0.3 is 24.5 Å². The molecule has 10 nitrogen and oxygen atoms in total. The second-order valence-corrected chi connectivity index (χ2v) is 9.15. The van der Waals surface area contributed by atoms with Crippen molar-refractivity contribution in [2.75, 3.05) is 18.0 Å². The second kappa shape index (κ2) is 11.7. The Morgan fingerprint density at radius 3 is 2.60 bits per heavy atom. The number of phenols is 1. The molecular weight excluding hydrogens is 510 g/mol. The molecule has 40 heavy (non-hydrogen) atoms. The number of para-hydroxylation sites is 1. The molecule has 204 valence electrons. The van der Waals surface area contributed by atoms with Crippen LogP contribution in [-0.2, 0) is 13.1 Å². The van der Waals surface area contributed by atoms with Gasteiger partial charge in [0.15, 0.2) is 11.5 Å². The van der Waals surface area contributed by atoms with Gasteiger partial charge in [0.25, 0.3) is 5.91 Å². The predicted molar refractivity (Wildman–Crippen MR) is 151 cm³/mol. The van der Waals surface area contributed by atoms with Crippen molar-refractivity contribution < 1.29 is 19.1 Å². The molecule has 0 aliphatic heterocycles. The number of carbonyl (C=O) groups is 1. The number of benzene rings is 3. The molecule has 2 N–H and O–H groups in total. The number of nitrogens with one attached hydrogen (secondary N) is 1. The van der Waals surface area contributed by atoms with E-state index in [-0.39, 0.29) is 17.9 Å². The topological polar surface area (TPSA) is 123 Å². The predicted octanol–water partition coefficient (Wildman–Crippen LogP) is 4.71. The highest BCUT2D eigenvalue weighted by molar-refractivity contribution is 5.96. The highest BCUT2D eigenvalue weighted by Gasteiger charge is 2.15. The number of rotatable bonds is 10. The Balaban J connectivity index is 1.21. The van der Waals surface area contributed by atoms with E-state index >= 15 is 0 Å². The highest BCUT2D eigenvalue weighted by Crippen LogP contribution is 2.31. The van der Waals surface area contributed by atoms with E-state index in [0.717, 1.165) is 24.3 Å². The fourth-order valence-electron chi connectivity index (χ4n) is 4.36. The minimum Gasteiger partial charge on any atom is -0.504 e. The van der Waals surface area contributed by atoms with Gasteiger partial charge in [0.2, 0.25) is 0 Å². The number of ether oxygens (including phenoxy) is 1. The lowest BCUT2D eigenvalue weighted by Gasteiger charge is -2.20. The Hall–Kier alpha value is -5.12. The summed E-state index contributed by atoms with van der Waals surface area (Å²) in [5, 5.41) is 21.9. The molecule has 0 saturated carbocycles. The minimum atomic E-state index is -0.704. The third-order valence-corrected chi connectivity index (χ3v) is 6.45. The van der Waals surface area contributed by atoms with Gasteiger partial charge >= 0.3 is 5.63 Å². The van der Waals surface area contributed by atoms with Crippen LogP contribution in [-0.4, -0.2) is 39.1 Å². The van der Waals surface area contributed by atoms with E-state index in [1.807, 2.05) is 42.5 Å². The molecule has 0 radical (unpaired) electrons. The summed E-state index contributed by atoms with van der Waals surface area (Å²) in [4.78, 5) is 27.5. The van der Waals surface area contributed by atoms with Crippen LogP contribution in [0.25, 0.3) is 11.0 Å². The first-order valence-electron chi connectivity index (χ1n) is 13.0. The van der Waals surface area contributed by atoms with E-state index in [4.69, 9.17) is 9.15 Å². The molecule has 3 aromatic carbocycles. The van der Waals surface area contributed by atoms with Crippen molar-refractivity contribution in [2.24, 2.45) is 0 Å². The molecule has 0 atom stereocenters. The maximum Gasteiger partial charge on any atom is 0.349 e. The van der Waals surface area contributed by atoms with Crippen LogP contribution in [0.5, 0.6) is 17.2 Å². The van der Waals surface area contributed by atoms with Crippen molar-refractivity contribution in [1.82, 2.24) is 20.3 Å². The lowest BCUT2D eigenvalue weighted by Crippen LogP contribution is -2.28. The van der Waals surface area contributed by atoms with Crippen LogP contribution in [0.4, 0.5) is 5.69 Å². The third-order valence-electron chi connectivity index (χ3n) is 6.45. The smallest absolute Gasteiger partial charge is 0.349 e. The fourth-order valence-corrected chi connectivity index (χ4v) is 4.36. The molecule has 2 aromatic heterocycles. The Morgan fingerprint density at radius 1 is 1.05 bits per heavy atom. The number of hydrogen-bond acceptors (Lipinski definition) is 8.